The number of hydrogen-bond donors (Lipinski definition) is 1. The van der Waals surface area contributed by atoms with Crippen LogP contribution in [0.3, 0.4) is 0 Å². The van der Waals surface area contributed by atoms with Gasteiger partial charge >= 0.3 is 0 Å². The average Bonchev–Trinajstić information content (AvgIpc) is 2.95. The maximum absolute atomic E-state index is 12.0. The third-order valence-electron chi connectivity index (χ3n) is 3.15. The second kappa shape index (κ2) is 8.62. The minimum absolute atomic E-state index is 0.190. The second-order valence-electron chi connectivity index (χ2n) is 4.59. The molecular formula is C14H20N2O5S. The van der Waals surface area contributed by atoms with Crippen LogP contribution in [0.4, 0.5) is 0 Å². The molecule has 0 aliphatic carbocycles. The molecule has 0 spiro atoms. The molecule has 7 nitrogen and oxygen atoms in total. The molecule has 0 bridgehead atoms. The van der Waals surface area contributed by atoms with Crippen LogP contribution in [0.5, 0.6) is 0 Å². The highest BCUT2D eigenvalue weighted by atomic mass is 32.3. The molecule has 1 aliphatic rings. The van der Waals surface area contributed by atoms with Crippen LogP contribution >= 0.6 is 0 Å². The first-order valence-electron chi connectivity index (χ1n) is 6.75. The maximum atomic E-state index is 12.0. The van der Waals surface area contributed by atoms with Crippen molar-refractivity contribution in [3.8, 4) is 0 Å². The Hall–Kier alpha value is -1.77. The van der Waals surface area contributed by atoms with Crippen LogP contribution in [0.2, 0.25) is 0 Å². The van der Waals surface area contributed by atoms with Gasteiger partial charge in [0, 0.05) is 5.56 Å². The molecule has 1 aromatic carbocycles. The molecule has 8 heteroatoms. The Bertz CT molecular complexity index is 626. The third kappa shape index (κ3) is 6.33. The lowest BCUT2D eigenvalue weighted by molar-refractivity contribution is -0.508. The van der Waals surface area contributed by atoms with Crippen molar-refractivity contribution in [3.63, 3.8) is 0 Å². The summed E-state index contributed by atoms with van der Waals surface area (Å²) in [6.45, 7) is 1.47. The molecule has 0 unspecified atom stereocenters. The Labute approximate surface area is 130 Å². The fraction of sp³-hybridized carbons (Fsp3) is 0.429. The Kier molecular flexibility index (Phi) is 7.16. The monoisotopic (exact) mass is 328 g/mol. The number of hydrogen-bond acceptors (Lipinski definition) is 6. The molecule has 2 rings (SSSR count). The van der Waals surface area contributed by atoms with Gasteiger partial charge in [0.05, 0.1) is 27.1 Å². The Balaban J connectivity index is 0.000000346. The molecule has 0 saturated carbocycles. The molecule has 0 saturated heterocycles. The first-order valence-corrected chi connectivity index (χ1v) is 8.09. The number of nitrogens with zero attached hydrogens (tertiary/aromatic N) is 1. The van der Waals surface area contributed by atoms with E-state index in [1.165, 1.54) is 5.84 Å². The normalized spacial score (nSPS) is 14.3. The van der Waals surface area contributed by atoms with Crippen LogP contribution in [0.25, 0.3) is 0 Å². The summed E-state index contributed by atoms with van der Waals surface area (Å²) in [5.41, 5.74) is 0.796. The smallest absolute Gasteiger partial charge is 0.244 e. The summed E-state index contributed by atoms with van der Waals surface area (Å²) < 4.78 is 33.2. The summed E-state index contributed by atoms with van der Waals surface area (Å²) in [7, 11) is -1.69. The summed E-state index contributed by atoms with van der Waals surface area (Å²) in [6, 6.07) is 9.48. The number of amidine groups is 1. The lowest BCUT2D eigenvalue weighted by atomic mass is 10.1. The van der Waals surface area contributed by atoms with Crippen molar-refractivity contribution in [3.05, 3.63) is 35.9 Å². The van der Waals surface area contributed by atoms with Gasteiger partial charge in [0.1, 0.15) is 6.54 Å². The summed E-state index contributed by atoms with van der Waals surface area (Å²) >= 11 is 0. The van der Waals surface area contributed by atoms with Crippen LogP contribution in [0, 0.1) is 0 Å². The van der Waals surface area contributed by atoms with Gasteiger partial charge in [-0.05, 0) is 6.42 Å². The molecule has 0 atom stereocenters. The minimum atomic E-state index is -4.41. The van der Waals surface area contributed by atoms with Crippen molar-refractivity contribution in [2.24, 2.45) is 0 Å². The van der Waals surface area contributed by atoms with Crippen LogP contribution in [0.1, 0.15) is 23.2 Å². The van der Waals surface area contributed by atoms with Crippen molar-refractivity contribution >= 4 is 22.0 Å². The SMILES string of the molecule is CNC1=[N+](CC(=O)c2ccccc2)CCC1.COS(=O)(=O)[O-]. The van der Waals surface area contributed by atoms with E-state index in [9.17, 15) is 17.8 Å². The van der Waals surface area contributed by atoms with Crippen LogP contribution in [-0.2, 0) is 14.6 Å². The molecule has 122 valence electrons. The molecule has 1 heterocycles. The van der Waals surface area contributed by atoms with E-state index in [0.29, 0.717) is 6.54 Å². The van der Waals surface area contributed by atoms with Crippen LogP contribution in [-0.4, -0.2) is 56.4 Å². The van der Waals surface area contributed by atoms with Crippen molar-refractivity contribution in [1.82, 2.24) is 5.32 Å². The number of carbonyl (C=O) groups excluding carboxylic acids is 1. The zero-order valence-electron chi connectivity index (χ0n) is 12.6. The summed E-state index contributed by atoms with van der Waals surface area (Å²) in [5.74, 6) is 1.37. The van der Waals surface area contributed by atoms with Crippen molar-refractivity contribution in [1.29, 1.82) is 0 Å². The molecule has 0 fully saturated rings. The van der Waals surface area contributed by atoms with Crippen LogP contribution in [0.15, 0.2) is 30.3 Å². The zero-order valence-corrected chi connectivity index (χ0v) is 13.4. The van der Waals surface area contributed by atoms with Gasteiger partial charge in [0.2, 0.25) is 22.0 Å². The van der Waals surface area contributed by atoms with Crippen molar-refractivity contribution in [2.45, 2.75) is 12.8 Å². The highest BCUT2D eigenvalue weighted by Gasteiger charge is 2.21. The van der Waals surface area contributed by atoms with Crippen molar-refractivity contribution in [2.75, 3.05) is 27.2 Å². The maximum Gasteiger partial charge on any atom is 0.244 e. The van der Waals surface area contributed by atoms with Gasteiger partial charge in [0.25, 0.3) is 0 Å². The summed E-state index contributed by atoms with van der Waals surface area (Å²) in [6.07, 6.45) is 2.19. The largest absolute Gasteiger partial charge is 0.726 e. The predicted octanol–water partition coefficient (Wildman–Crippen LogP) is 0.386. The van der Waals surface area contributed by atoms with Gasteiger partial charge in [-0.25, -0.2) is 8.42 Å². The van der Waals surface area contributed by atoms with Gasteiger partial charge in [0.15, 0.2) is 0 Å². The van der Waals surface area contributed by atoms with Crippen LogP contribution < -0.4 is 5.32 Å². The highest BCUT2D eigenvalue weighted by Crippen LogP contribution is 2.05. The van der Waals surface area contributed by atoms with E-state index in [2.05, 4.69) is 14.1 Å². The fourth-order valence-electron chi connectivity index (χ4n) is 2.08. The molecule has 1 N–H and O–H groups in total. The van der Waals surface area contributed by atoms with E-state index in [4.69, 9.17) is 0 Å². The van der Waals surface area contributed by atoms with E-state index >= 15 is 0 Å². The Morgan fingerprint density at radius 1 is 1.36 bits per heavy atom. The van der Waals surface area contributed by atoms with E-state index < -0.39 is 10.4 Å². The molecular weight excluding hydrogens is 308 g/mol. The fourth-order valence-corrected chi connectivity index (χ4v) is 2.08. The number of nitrogens with one attached hydrogen (secondary N) is 1. The number of rotatable bonds is 4. The summed E-state index contributed by atoms with van der Waals surface area (Å²) in [5, 5.41) is 3.16. The van der Waals surface area contributed by atoms with Gasteiger partial charge in [-0.15, -0.1) is 0 Å². The zero-order chi connectivity index (χ0) is 16.6. The number of carbonyl (C=O) groups is 1. The first-order chi connectivity index (χ1) is 10.4. The van der Waals surface area contributed by atoms with Gasteiger partial charge in [-0.2, -0.15) is 0 Å². The third-order valence-corrected chi connectivity index (χ3v) is 3.55. The van der Waals surface area contributed by atoms with E-state index in [1.807, 2.05) is 37.4 Å². The molecule has 0 radical (unpaired) electrons. The van der Waals surface area contributed by atoms with Gasteiger partial charge < -0.3 is 4.55 Å². The van der Waals surface area contributed by atoms with E-state index in [0.717, 1.165) is 32.1 Å². The Morgan fingerprint density at radius 2 is 1.95 bits per heavy atom. The second-order valence-corrected chi connectivity index (χ2v) is 5.74. The first kappa shape index (κ1) is 18.3. The lowest BCUT2D eigenvalue weighted by Crippen LogP contribution is -2.30. The minimum Gasteiger partial charge on any atom is -0.726 e. The van der Waals surface area contributed by atoms with E-state index in [1.54, 1.807) is 0 Å². The molecule has 22 heavy (non-hydrogen) atoms. The molecule has 1 aliphatic heterocycles. The van der Waals surface area contributed by atoms with Gasteiger partial charge in [-0.3, -0.25) is 18.9 Å². The quantitative estimate of drug-likeness (QED) is 0.371. The molecule has 1 aromatic rings. The highest BCUT2D eigenvalue weighted by molar-refractivity contribution is 7.80. The van der Waals surface area contributed by atoms with Gasteiger partial charge in [-0.1, -0.05) is 30.3 Å². The Morgan fingerprint density at radius 3 is 2.45 bits per heavy atom. The topological polar surface area (TPSA) is 98.5 Å². The summed E-state index contributed by atoms with van der Waals surface area (Å²) in [4.78, 5) is 12.0. The standard InChI is InChI=1S/C13H16N2O.CH4O4S/c1-14-13-8-5-9-15(13)10-12(16)11-6-3-2-4-7-11;1-5-6(2,3)4/h2-4,6-7H,5,8-10H2,1H3;1H3,(H,2,3,4). The number of ketones is 1. The lowest BCUT2D eigenvalue weighted by Gasteiger charge is -2.03. The predicted molar refractivity (Wildman–Crippen MR) is 80.8 cm³/mol. The average molecular weight is 328 g/mol. The van der Waals surface area contributed by atoms with Crippen molar-refractivity contribution < 1.29 is 26.5 Å². The molecule has 0 amide bonds. The number of benzene rings is 1. The molecule has 0 aromatic heterocycles. The number of Topliss-reactive ketones (excluding diaryl/α,β-unsaturated/α-hetero) is 1. The van der Waals surface area contributed by atoms with E-state index in [-0.39, 0.29) is 5.78 Å².